The molecule has 0 saturated carbocycles. The fourth-order valence-corrected chi connectivity index (χ4v) is 5.53. The van der Waals surface area contributed by atoms with Crippen LogP contribution in [0.25, 0.3) is 0 Å². The molecule has 6 rings (SSSR count). The second-order valence-corrected chi connectivity index (χ2v) is 7.37. The molecular formula is C22H12Cl2O2. The lowest BCUT2D eigenvalue weighted by molar-refractivity contribution is -0.117. The van der Waals surface area contributed by atoms with Gasteiger partial charge in [-0.15, -0.1) is 0 Å². The monoisotopic (exact) mass is 378 g/mol. The second kappa shape index (κ2) is 5.06. The first-order valence-electron chi connectivity index (χ1n) is 8.27. The predicted molar refractivity (Wildman–Crippen MR) is 101 cm³/mol. The first-order valence-corrected chi connectivity index (χ1v) is 9.02. The molecule has 3 aromatic carbocycles. The highest BCUT2D eigenvalue weighted by atomic mass is 35.5. The number of carbonyl (C=O) groups excluding carboxylic acids is 2. The Hall–Kier alpha value is -2.42. The smallest absolute Gasteiger partial charge is 0.241 e. The fourth-order valence-electron chi connectivity index (χ4n) is 4.92. The molecule has 0 radical (unpaired) electrons. The lowest BCUT2D eigenvalue weighted by Crippen LogP contribution is -2.55. The lowest BCUT2D eigenvalue weighted by Gasteiger charge is -2.53. The van der Waals surface area contributed by atoms with Gasteiger partial charge < -0.3 is 0 Å². The Morgan fingerprint density at radius 2 is 0.692 bits per heavy atom. The molecule has 0 unspecified atom stereocenters. The highest BCUT2D eigenvalue weighted by Crippen LogP contribution is 2.63. The van der Waals surface area contributed by atoms with Crippen molar-refractivity contribution in [2.75, 3.05) is 0 Å². The van der Waals surface area contributed by atoms with E-state index < -0.39 is 21.3 Å². The third kappa shape index (κ3) is 1.48. The first kappa shape index (κ1) is 15.8. The average molecular weight is 379 g/mol. The highest BCUT2D eigenvalue weighted by molar-refractivity contribution is 6.68. The van der Waals surface area contributed by atoms with Crippen LogP contribution in [0, 0.1) is 0 Å². The topological polar surface area (TPSA) is 34.1 Å². The average Bonchev–Trinajstić information content (AvgIpc) is 2.67. The van der Waals surface area contributed by atoms with Crippen LogP contribution in [0.4, 0.5) is 0 Å². The summed E-state index contributed by atoms with van der Waals surface area (Å²) in [5, 5.41) is -0.972. The van der Waals surface area contributed by atoms with Gasteiger partial charge in [0.15, 0.2) is 0 Å². The molecule has 0 aromatic heterocycles. The Morgan fingerprint density at radius 3 is 0.846 bits per heavy atom. The minimum atomic E-state index is -1.14. The number of carbonyl (C=O) groups is 2. The van der Waals surface area contributed by atoms with Crippen molar-refractivity contribution in [1.82, 2.24) is 0 Å². The summed E-state index contributed by atoms with van der Waals surface area (Å²) in [4.78, 5) is 26.0. The van der Waals surface area contributed by atoms with Crippen molar-refractivity contribution >= 4 is 33.7 Å². The largest absolute Gasteiger partial charge is 0.280 e. The molecule has 26 heavy (non-hydrogen) atoms. The Balaban J connectivity index is 2.13. The standard InChI is InChI=1S/C22H12Cl2O2/c23-19(25)21-13-7-1-2-8-14(13)22(20(24)26,17-11-5-3-9-15(17)21)18-12-6-4-10-16(18)21/h1-12H. The maximum absolute atomic E-state index is 13.0. The van der Waals surface area contributed by atoms with Gasteiger partial charge in [-0.3, -0.25) is 9.59 Å². The third-order valence-electron chi connectivity index (χ3n) is 5.79. The number of hydrogen-bond acceptors (Lipinski definition) is 2. The van der Waals surface area contributed by atoms with E-state index in [1.54, 1.807) is 0 Å². The van der Waals surface area contributed by atoms with Crippen LogP contribution < -0.4 is 0 Å². The summed E-state index contributed by atoms with van der Waals surface area (Å²) >= 11 is 12.6. The Bertz CT molecular complexity index is 911. The quantitative estimate of drug-likeness (QED) is 0.614. The molecule has 0 amide bonds. The van der Waals surface area contributed by atoms with Gasteiger partial charge in [-0.25, -0.2) is 0 Å². The second-order valence-electron chi connectivity index (χ2n) is 6.68. The van der Waals surface area contributed by atoms with E-state index >= 15 is 0 Å². The minimum Gasteiger partial charge on any atom is -0.280 e. The Labute approximate surface area is 160 Å². The SMILES string of the molecule is O=C(Cl)C12c3ccccc3C(C(=O)Cl)(c3ccccc31)c1ccccc12. The maximum atomic E-state index is 13.0. The molecular weight excluding hydrogens is 367 g/mol. The molecule has 4 heteroatoms. The number of hydrogen-bond donors (Lipinski definition) is 0. The molecule has 126 valence electrons. The first-order chi connectivity index (χ1) is 12.6. The van der Waals surface area contributed by atoms with Crippen molar-refractivity contribution in [3.63, 3.8) is 0 Å². The summed E-state index contributed by atoms with van der Waals surface area (Å²) in [6.07, 6.45) is 0. The van der Waals surface area contributed by atoms with Gasteiger partial charge in [0.25, 0.3) is 0 Å². The van der Waals surface area contributed by atoms with E-state index in [4.69, 9.17) is 23.2 Å². The van der Waals surface area contributed by atoms with Crippen molar-refractivity contribution in [2.24, 2.45) is 0 Å². The number of benzene rings is 3. The minimum absolute atomic E-state index is 0.486. The Kier molecular flexibility index (Phi) is 3.08. The number of halogens is 2. The zero-order valence-corrected chi connectivity index (χ0v) is 15.0. The molecule has 0 atom stereocenters. The van der Waals surface area contributed by atoms with Crippen LogP contribution in [0.1, 0.15) is 33.4 Å². The van der Waals surface area contributed by atoms with Crippen molar-refractivity contribution in [3.8, 4) is 0 Å². The van der Waals surface area contributed by atoms with E-state index in [0.29, 0.717) is 0 Å². The number of rotatable bonds is 2. The summed E-state index contributed by atoms with van der Waals surface area (Å²) in [6.45, 7) is 0. The van der Waals surface area contributed by atoms with E-state index in [9.17, 15) is 9.59 Å². The summed E-state index contributed by atoms with van der Waals surface area (Å²) in [5.74, 6) is 0. The molecule has 3 aliphatic carbocycles. The van der Waals surface area contributed by atoms with Crippen LogP contribution in [0.15, 0.2) is 72.8 Å². The Morgan fingerprint density at radius 1 is 0.500 bits per heavy atom. The third-order valence-corrected chi connectivity index (χ3v) is 6.36. The van der Waals surface area contributed by atoms with Crippen LogP contribution in [0.2, 0.25) is 0 Å². The zero-order chi connectivity index (χ0) is 18.1. The van der Waals surface area contributed by atoms with Gasteiger partial charge in [0.05, 0.1) is 0 Å². The van der Waals surface area contributed by atoms with Gasteiger partial charge in [0.1, 0.15) is 10.8 Å². The van der Waals surface area contributed by atoms with Gasteiger partial charge in [0, 0.05) is 0 Å². The van der Waals surface area contributed by atoms with E-state index in [1.807, 2.05) is 72.8 Å². The van der Waals surface area contributed by atoms with E-state index in [1.165, 1.54) is 0 Å². The normalized spacial score (nSPS) is 24.4. The molecule has 0 aliphatic heterocycles. The fraction of sp³-hybridized carbons (Fsp3) is 0.0909. The van der Waals surface area contributed by atoms with Gasteiger partial charge in [-0.05, 0) is 56.6 Å². The molecule has 0 N–H and O–H groups in total. The predicted octanol–water partition coefficient (Wildman–Crippen LogP) is 4.51. The highest BCUT2D eigenvalue weighted by Gasteiger charge is 2.63. The van der Waals surface area contributed by atoms with Gasteiger partial charge in [-0.2, -0.15) is 0 Å². The van der Waals surface area contributed by atoms with Crippen molar-refractivity contribution < 1.29 is 9.59 Å². The molecule has 3 aromatic rings. The van der Waals surface area contributed by atoms with E-state index in [-0.39, 0.29) is 0 Å². The summed E-state index contributed by atoms with van der Waals surface area (Å²) in [7, 11) is 0. The lowest BCUT2D eigenvalue weighted by atomic mass is 9.47. The molecule has 2 nitrogen and oxygen atoms in total. The van der Waals surface area contributed by atoms with Crippen LogP contribution >= 0.6 is 23.2 Å². The van der Waals surface area contributed by atoms with Crippen molar-refractivity contribution in [2.45, 2.75) is 10.8 Å². The van der Waals surface area contributed by atoms with E-state index in [2.05, 4.69) is 0 Å². The molecule has 0 fully saturated rings. The summed E-state index contributed by atoms with van der Waals surface area (Å²) in [6, 6.07) is 22.4. The maximum Gasteiger partial charge on any atom is 0.241 e. The molecule has 0 heterocycles. The van der Waals surface area contributed by atoms with Crippen LogP contribution in [0.5, 0.6) is 0 Å². The van der Waals surface area contributed by atoms with Crippen LogP contribution in [0.3, 0.4) is 0 Å². The molecule has 2 bridgehead atoms. The van der Waals surface area contributed by atoms with Crippen molar-refractivity contribution in [3.05, 3.63) is 106 Å². The van der Waals surface area contributed by atoms with Crippen LogP contribution in [-0.4, -0.2) is 10.5 Å². The van der Waals surface area contributed by atoms with E-state index in [0.717, 1.165) is 33.4 Å². The molecule has 0 spiro atoms. The molecule has 0 saturated heterocycles. The van der Waals surface area contributed by atoms with Gasteiger partial charge >= 0.3 is 0 Å². The van der Waals surface area contributed by atoms with Crippen LogP contribution in [-0.2, 0) is 20.4 Å². The zero-order valence-electron chi connectivity index (χ0n) is 13.5. The molecule has 3 aliphatic rings. The van der Waals surface area contributed by atoms with Gasteiger partial charge in [-0.1, -0.05) is 72.8 Å². The van der Waals surface area contributed by atoms with Crippen molar-refractivity contribution in [1.29, 1.82) is 0 Å². The van der Waals surface area contributed by atoms with Gasteiger partial charge in [0.2, 0.25) is 10.5 Å². The summed E-state index contributed by atoms with van der Waals surface area (Å²) in [5.41, 5.74) is 2.09. The summed E-state index contributed by atoms with van der Waals surface area (Å²) < 4.78 is 0.